The van der Waals surface area contributed by atoms with Gasteiger partial charge in [-0.05, 0) is 31.9 Å². The van der Waals surface area contributed by atoms with Crippen LogP contribution in [0.3, 0.4) is 0 Å². The molecule has 2 saturated heterocycles. The van der Waals surface area contributed by atoms with Gasteiger partial charge in [0.05, 0.1) is 24.8 Å². The summed E-state index contributed by atoms with van der Waals surface area (Å²) in [6.07, 6.45) is 1.86. The van der Waals surface area contributed by atoms with Gasteiger partial charge in [0, 0.05) is 38.9 Å². The highest BCUT2D eigenvalue weighted by molar-refractivity contribution is 5.80. The van der Waals surface area contributed by atoms with E-state index in [2.05, 4.69) is 4.90 Å². The molecule has 3 rings (SSSR count). The van der Waals surface area contributed by atoms with Gasteiger partial charge in [-0.3, -0.25) is 4.79 Å². The summed E-state index contributed by atoms with van der Waals surface area (Å²) in [7, 11) is 1.54. The number of hydrogen-bond acceptors (Lipinski definition) is 4. The molecule has 2 fully saturated rings. The van der Waals surface area contributed by atoms with Gasteiger partial charge in [0.15, 0.2) is 0 Å². The molecule has 2 aliphatic rings. The van der Waals surface area contributed by atoms with Crippen molar-refractivity contribution in [3.8, 4) is 5.75 Å². The van der Waals surface area contributed by atoms with Crippen molar-refractivity contribution in [2.45, 2.75) is 25.9 Å². The van der Waals surface area contributed by atoms with Crippen LogP contribution in [0.15, 0.2) is 18.2 Å². The molecule has 2 heterocycles. The third-order valence-corrected chi connectivity index (χ3v) is 5.00. The number of piperazine rings is 1. The predicted molar refractivity (Wildman–Crippen MR) is 89.9 cm³/mol. The quantitative estimate of drug-likeness (QED) is 0.849. The van der Waals surface area contributed by atoms with E-state index in [1.807, 2.05) is 11.8 Å². The van der Waals surface area contributed by atoms with Gasteiger partial charge in [0.25, 0.3) is 0 Å². The van der Waals surface area contributed by atoms with Crippen LogP contribution in [-0.2, 0) is 9.53 Å². The first-order valence-electron chi connectivity index (χ1n) is 8.59. The third kappa shape index (κ3) is 3.48. The fourth-order valence-corrected chi connectivity index (χ4v) is 3.56. The molecule has 0 unspecified atom stereocenters. The van der Waals surface area contributed by atoms with Crippen molar-refractivity contribution in [3.05, 3.63) is 24.0 Å². The van der Waals surface area contributed by atoms with E-state index in [4.69, 9.17) is 9.47 Å². The summed E-state index contributed by atoms with van der Waals surface area (Å²) >= 11 is 0. The van der Waals surface area contributed by atoms with Gasteiger partial charge in [-0.2, -0.15) is 0 Å². The molecular formula is C18H25FN2O3. The minimum atomic E-state index is -0.310. The van der Waals surface area contributed by atoms with Crippen molar-refractivity contribution in [1.29, 1.82) is 0 Å². The number of hydrogen-bond donors (Lipinski definition) is 0. The van der Waals surface area contributed by atoms with Crippen LogP contribution in [0.4, 0.5) is 10.1 Å². The van der Waals surface area contributed by atoms with Crippen molar-refractivity contribution in [3.63, 3.8) is 0 Å². The maximum atomic E-state index is 13.3. The molecule has 0 aliphatic carbocycles. The number of benzene rings is 1. The van der Waals surface area contributed by atoms with Gasteiger partial charge in [-0.15, -0.1) is 0 Å². The molecule has 0 N–H and O–H groups in total. The number of carbonyl (C=O) groups excluding carboxylic acids is 1. The predicted octanol–water partition coefficient (Wildman–Crippen LogP) is 2.30. The van der Waals surface area contributed by atoms with Gasteiger partial charge in [0.2, 0.25) is 5.91 Å². The van der Waals surface area contributed by atoms with E-state index in [0.29, 0.717) is 18.8 Å². The summed E-state index contributed by atoms with van der Waals surface area (Å²) < 4.78 is 24.3. The number of carbonyl (C=O) groups is 1. The van der Waals surface area contributed by atoms with Gasteiger partial charge in [-0.25, -0.2) is 4.39 Å². The maximum Gasteiger partial charge on any atom is 0.228 e. The first kappa shape index (κ1) is 17.0. The Morgan fingerprint density at radius 3 is 2.71 bits per heavy atom. The molecule has 0 aromatic heterocycles. The summed E-state index contributed by atoms with van der Waals surface area (Å²) in [5, 5.41) is 0. The topological polar surface area (TPSA) is 42.0 Å². The van der Waals surface area contributed by atoms with Gasteiger partial charge < -0.3 is 19.3 Å². The Balaban J connectivity index is 1.62. The first-order valence-corrected chi connectivity index (χ1v) is 8.59. The Kier molecular flexibility index (Phi) is 5.23. The van der Waals surface area contributed by atoms with E-state index in [0.717, 1.165) is 38.2 Å². The monoisotopic (exact) mass is 336 g/mol. The molecule has 6 heteroatoms. The molecule has 2 atom stereocenters. The lowest BCUT2D eigenvalue weighted by Crippen LogP contribution is -2.52. The largest absolute Gasteiger partial charge is 0.494 e. The van der Waals surface area contributed by atoms with Crippen LogP contribution < -0.4 is 9.64 Å². The number of methoxy groups -OCH3 is 1. The summed E-state index contributed by atoms with van der Waals surface area (Å²) in [6, 6.07) is 4.58. The Hall–Kier alpha value is -1.82. The number of ether oxygens (including phenoxy) is 2. The average molecular weight is 336 g/mol. The van der Waals surface area contributed by atoms with Crippen LogP contribution in [0.2, 0.25) is 0 Å². The molecule has 5 nitrogen and oxygen atoms in total. The summed E-state index contributed by atoms with van der Waals surface area (Å²) in [5.41, 5.74) is 0.875. The van der Waals surface area contributed by atoms with Crippen molar-refractivity contribution in [2.24, 2.45) is 5.92 Å². The Labute approximate surface area is 142 Å². The second kappa shape index (κ2) is 7.38. The molecule has 1 amide bonds. The van der Waals surface area contributed by atoms with Crippen molar-refractivity contribution < 1.29 is 18.7 Å². The Morgan fingerprint density at radius 2 is 2.04 bits per heavy atom. The standard InChI is InChI=1S/C18H25FN2O3/c1-13-15(4-3-11-24-13)18(22)21-9-7-20(8-10-21)16-6-5-14(19)12-17(16)23-2/h5-6,12-13,15H,3-4,7-11H2,1-2H3/t13-,15-/m1/s1. The zero-order chi connectivity index (χ0) is 17.1. The van der Waals surface area contributed by atoms with Crippen molar-refractivity contribution >= 4 is 11.6 Å². The SMILES string of the molecule is COc1cc(F)ccc1N1CCN(C(=O)[C@@H]2CCCO[C@@H]2C)CC1. The molecule has 0 radical (unpaired) electrons. The molecule has 0 saturated carbocycles. The minimum absolute atomic E-state index is 0.00136. The average Bonchev–Trinajstić information content (AvgIpc) is 2.61. The number of rotatable bonds is 3. The van der Waals surface area contributed by atoms with E-state index < -0.39 is 0 Å². The van der Waals surface area contributed by atoms with Crippen LogP contribution in [-0.4, -0.2) is 56.8 Å². The molecule has 2 aliphatic heterocycles. The first-order chi connectivity index (χ1) is 11.6. The normalized spacial score (nSPS) is 24.8. The van der Waals surface area contributed by atoms with Gasteiger partial charge in [-0.1, -0.05) is 0 Å². The van der Waals surface area contributed by atoms with Crippen LogP contribution in [0, 0.1) is 11.7 Å². The van der Waals surface area contributed by atoms with E-state index in [9.17, 15) is 9.18 Å². The number of anilines is 1. The summed E-state index contributed by atoms with van der Waals surface area (Å²) in [5.74, 6) is 0.401. The van der Waals surface area contributed by atoms with Crippen LogP contribution in [0.5, 0.6) is 5.75 Å². The van der Waals surface area contributed by atoms with Crippen LogP contribution >= 0.6 is 0 Å². The summed E-state index contributed by atoms with van der Waals surface area (Å²) in [6.45, 7) is 5.51. The molecule has 24 heavy (non-hydrogen) atoms. The lowest BCUT2D eigenvalue weighted by molar-refractivity contribution is -0.144. The minimum Gasteiger partial charge on any atom is -0.494 e. The fraction of sp³-hybridized carbons (Fsp3) is 0.611. The van der Waals surface area contributed by atoms with E-state index in [-0.39, 0.29) is 23.7 Å². The zero-order valence-corrected chi connectivity index (χ0v) is 14.3. The van der Waals surface area contributed by atoms with Gasteiger partial charge >= 0.3 is 0 Å². The van der Waals surface area contributed by atoms with Crippen molar-refractivity contribution in [2.75, 3.05) is 44.8 Å². The van der Waals surface area contributed by atoms with Gasteiger partial charge in [0.1, 0.15) is 11.6 Å². The summed E-state index contributed by atoms with van der Waals surface area (Å²) in [4.78, 5) is 16.8. The highest BCUT2D eigenvalue weighted by Gasteiger charge is 2.33. The highest BCUT2D eigenvalue weighted by atomic mass is 19.1. The second-order valence-corrected chi connectivity index (χ2v) is 6.45. The zero-order valence-electron chi connectivity index (χ0n) is 14.3. The molecule has 132 valence electrons. The Bertz CT molecular complexity index is 588. The van der Waals surface area contributed by atoms with E-state index in [1.165, 1.54) is 12.1 Å². The highest BCUT2D eigenvalue weighted by Crippen LogP contribution is 2.30. The number of halogens is 1. The molecular weight excluding hydrogens is 311 g/mol. The molecule has 0 bridgehead atoms. The molecule has 1 aromatic rings. The number of nitrogens with zero attached hydrogens (tertiary/aromatic N) is 2. The number of amides is 1. The fourth-order valence-electron chi connectivity index (χ4n) is 3.56. The van der Waals surface area contributed by atoms with Crippen molar-refractivity contribution in [1.82, 2.24) is 4.90 Å². The van der Waals surface area contributed by atoms with E-state index in [1.54, 1.807) is 13.2 Å². The Morgan fingerprint density at radius 1 is 1.29 bits per heavy atom. The lowest BCUT2D eigenvalue weighted by Gasteiger charge is -2.39. The third-order valence-electron chi connectivity index (χ3n) is 5.00. The van der Waals surface area contributed by atoms with E-state index >= 15 is 0 Å². The second-order valence-electron chi connectivity index (χ2n) is 6.45. The smallest absolute Gasteiger partial charge is 0.228 e. The van der Waals surface area contributed by atoms with Crippen LogP contribution in [0.25, 0.3) is 0 Å². The lowest BCUT2D eigenvalue weighted by atomic mass is 9.93. The maximum absolute atomic E-state index is 13.3. The molecule has 1 aromatic carbocycles. The molecule has 0 spiro atoms. The van der Waals surface area contributed by atoms with Crippen LogP contribution in [0.1, 0.15) is 19.8 Å².